The van der Waals surface area contributed by atoms with Crippen molar-refractivity contribution in [3.05, 3.63) is 29.8 Å². The van der Waals surface area contributed by atoms with E-state index in [-0.39, 0.29) is 17.2 Å². The number of hydrogen-bond donors (Lipinski definition) is 1. The molecule has 1 aromatic rings. The van der Waals surface area contributed by atoms with E-state index in [2.05, 4.69) is 26.1 Å². The Morgan fingerprint density at radius 2 is 2.00 bits per heavy atom. The molecule has 0 radical (unpaired) electrons. The van der Waals surface area contributed by atoms with E-state index in [1.54, 1.807) is 7.11 Å². The lowest BCUT2D eigenvalue weighted by molar-refractivity contribution is -0.133. The lowest BCUT2D eigenvalue weighted by Crippen LogP contribution is -2.44. The van der Waals surface area contributed by atoms with Crippen molar-refractivity contribution >= 4 is 5.91 Å². The van der Waals surface area contributed by atoms with E-state index in [0.717, 1.165) is 24.2 Å². The van der Waals surface area contributed by atoms with Crippen molar-refractivity contribution in [2.45, 2.75) is 46.6 Å². The molecule has 3 nitrogen and oxygen atoms in total. The maximum Gasteiger partial charge on any atom is 0.224 e. The number of nitrogens with one attached hydrogen (secondary N) is 1. The molecule has 1 aliphatic rings. The number of carbonyl (C=O) groups excluding carboxylic acids is 1. The van der Waals surface area contributed by atoms with E-state index < -0.39 is 0 Å². The fourth-order valence-electron chi connectivity index (χ4n) is 3.63. The van der Waals surface area contributed by atoms with Crippen molar-refractivity contribution in [1.82, 2.24) is 5.32 Å². The van der Waals surface area contributed by atoms with Gasteiger partial charge in [0.05, 0.1) is 7.11 Å². The third-order valence-electron chi connectivity index (χ3n) is 4.80. The molecule has 1 aromatic carbocycles. The van der Waals surface area contributed by atoms with Gasteiger partial charge >= 0.3 is 0 Å². The molecule has 3 heteroatoms. The molecule has 1 saturated carbocycles. The molecule has 0 aliphatic heterocycles. The average molecular weight is 289 g/mol. The Labute approximate surface area is 128 Å². The van der Waals surface area contributed by atoms with Crippen LogP contribution < -0.4 is 10.1 Å². The summed E-state index contributed by atoms with van der Waals surface area (Å²) in [5.41, 5.74) is 1.20. The molecule has 0 aromatic heterocycles. The summed E-state index contributed by atoms with van der Waals surface area (Å²) in [7, 11) is 1.66. The summed E-state index contributed by atoms with van der Waals surface area (Å²) in [6.07, 6.45) is 3.53. The second-order valence-electron chi connectivity index (χ2n) is 6.90. The Morgan fingerprint density at radius 3 is 2.57 bits per heavy atom. The fourth-order valence-corrected chi connectivity index (χ4v) is 3.63. The predicted molar refractivity (Wildman–Crippen MR) is 85.1 cm³/mol. The molecule has 0 saturated heterocycles. The first kappa shape index (κ1) is 15.9. The third-order valence-corrected chi connectivity index (χ3v) is 4.80. The maximum absolute atomic E-state index is 12.6. The second-order valence-corrected chi connectivity index (χ2v) is 6.90. The van der Waals surface area contributed by atoms with Gasteiger partial charge in [0.25, 0.3) is 0 Å². The Hall–Kier alpha value is -1.51. The quantitative estimate of drug-likeness (QED) is 0.916. The average Bonchev–Trinajstić information content (AvgIpc) is 2.44. The maximum atomic E-state index is 12.6. The van der Waals surface area contributed by atoms with Gasteiger partial charge in [-0.2, -0.15) is 0 Å². The highest BCUT2D eigenvalue weighted by Gasteiger charge is 2.41. The molecule has 0 bridgehead atoms. The molecule has 2 atom stereocenters. The number of amides is 1. The number of rotatable bonds is 4. The van der Waals surface area contributed by atoms with Crippen LogP contribution in [0.2, 0.25) is 0 Å². The molecule has 116 valence electrons. The van der Waals surface area contributed by atoms with E-state index >= 15 is 0 Å². The van der Waals surface area contributed by atoms with E-state index in [4.69, 9.17) is 4.74 Å². The van der Waals surface area contributed by atoms with Crippen LogP contribution in [0.25, 0.3) is 0 Å². The third kappa shape index (κ3) is 3.78. The van der Waals surface area contributed by atoms with E-state index in [1.807, 2.05) is 24.3 Å². The van der Waals surface area contributed by atoms with Gasteiger partial charge in [-0.15, -0.1) is 0 Å². The molecule has 0 spiro atoms. The first-order valence-corrected chi connectivity index (χ1v) is 7.84. The molecular formula is C18H27NO2. The molecule has 1 amide bonds. The first-order valence-electron chi connectivity index (χ1n) is 7.84. The predicted octanol–water partition coefficient (Wildman–Crippen LogP) is 3.77. The zero-order valence-corrected chi connectivity index (χ0v) is 13.6. The fraction of sp³-hybridized carbons (Fsp3) is 0.611. The van der Waals surface area contributed by atoms with Crippen LogP contribution in [0.3, 0.4) is 0 Å². The Balaban J connectivity index is 1.96. The number of benzene rings is 1. The summed E-state index contributed by atoms with van der Waals surface area (Å²) >= 11 is 0. The topological polar surface area (TPSA) is 38.3 Å². The van der Waals surface area contributed by atoms with Gasteiger partial charge in [0.2, 0.25) is 5.91 Å². The van der Waals surface area contributed by atoms with Crippen LogP contribution in [0.5, 0.6) is 5.75 Å². The van der Waals surface area contributed by atoms with E-state index in [9.17, 15) is 4.79 Å². The standard InChI is InChI=1S/C18H27NO2/c1-13-6-5-11-18(2,3)16(13)17(20)19-12-14-7-9-15(21-4)10-8-14/h7-10,13,16H,5-6,11-12H2,1-4H3,(H,19,20)/t13-,16?/m0/s1. The summed E-state index contributed by atoms with van der Waals surface area (Å²) < 4.78 is 5.14. The molecule has 1 unspecified atom stereocenters. The van der Waals surface area contributed by atoms with Crippen molar-refractivity contribution in [3.63, 3.8) is 0 Å². The number of methoxy groups -OCH3 is 1. The first-order chi connectivity index (χ1) is 9.94. The smallest absolute Gasteiger partial charge is 0.224 e. The lowest BCUT2D eigenvalue weighted by Gasteiger charge is -2.41. The van der Waals surface area contributed by atoms with Crippen LogP contribution >= 0.6 is 0 Å². The van der Waals surface area contributed by atoms with Gasteiger partial charge in [-0.25, -0.2) is 0 Å². The summed E-state index contributed by atoms with van der Waals surface area (Å²) in [6.45, 7) is 7.24. The minimum atomic E-state index is 0.0989. The van der Waals surface area contributed by atoms with Gasteiger partial charge in [0.1, 0.15) is 5.75 Å². The molecule has 1 fully saturated rings. The lowest BCUT2D eigenvalue weighted by atomic mass is 9.64. The van der Waals surface area contributed by atoms with Crippen LogP contribution in [0, 0.1) is 17.3 Å². The van der Waals surface area contributed by atoms with E-state index in [1.165, 1.54) is 6.42 Å². The van der Waals surface area contributed by atoms with Crippen LogP contribution in [0.4, 0.5) is 0 Å². The summed E-state index contributed by atoms with van der Waals surface area (Å²) in [5, 5.41) is 3.11. The molecule has 21 heavy (non-hydrogen) atoms. The Kier molecular flexibility index (Phi) is 4.92. The van der Waals surface area contributed by atoms with Crippen molar-refractivity contribution in [3.8, 4) is 5.75 Å². The molecule has 0 heterocycles. The molecule has 1 N–H and O–H groups in total. The summed E-state index contributed by atoms with van der Waals surface area (Å²) in [6, 6.07) is 7.84. The van der Waals surface area contributed by atoms with Gasteiger partial charge in [0.15, 0.2) is 0 Å². The summed E-state index contributed by atoms with van der Waals surface area (Å²) in [5.74, 6) is 1.62. The van der Waals surface area contributed by atoms with Crippen LogP contribution in [0.1, 0.15) is 45.6 Å². The van der Waals surface area contributed by atoms with E-state index in [0.29, 0.717) is 12.5 Å². The van der Waals surface area contributed by atoms with Gasteiger partial charge in [0, 0.05) is 12.5 Å². The molecular weight excluding hydrogens is 262 g/mol. The Morgan fingerprint density at radius 1 is 1.33 bits per heavy atom. The number of carbonyl (C=O) groups is 1. The SMILES string of the molecule is COc1ccc(CNC(=O)C2[C@@H](C)CCCC2(C)C)cc1. The van der Waals surface area contributed by atoms with Crippen molar-refractivity contribution < 1.29 is 9.53 Å². The van der Waals surface area contributed by atoms with Gasteiger partial charge in [-0.1, -0.05) is 39.3 Å². The highest BCUT2D eigenvalue weighted by atomic mass is 16.5. The number of ether oxygens (including phenoxy) is 1. The van der Waals surface area contributed by atoms with Crippen LogP contribution in [-0.4, -0.2) is 13.0 Å². The van der Waals surface area contributed by atoms with Crippen molar-refractivity contribution in [2.75, 3.05) is 7.11 Å². The largest absolute Gasteiger partial charge is 0.497 e. The normalized spacial score (nSPS) is 24.4. The molecule has 2 rings (SSSR count). The van der Waals surface area contributed by atoms with Crippen molar-refractivity contribution in [1.29, 1.82) is 0 Å². The minimum Gasteiger partial charge on any atom is -0.497 e. The highest BCUT2D eigenvalue weighted by molar-refractivity contribution is 5.79. The Bertz CT molecular complexity index is 478. The molecule has 1 aliphatic carbocycles. The monoisotopic (exact) mass is 289 g/mol. The zero-order valence-electron chi connectivity index (χ0n) is 13.6. The van der Waals surface area contributed by atoms with Crippen molar-refractivity contribution in [2.24, 2.45) is 17.3 Å². The zero-order chi connectivity index (χ0) is 15.5. The minimum absolute atomic E-state index is 0.0989. The van der Waals surface area contributed by atoms with Crippen LogP contribution in [0.15, 0.2) is 24.3 Å². The van der Waals surface area contributed by atoms with Gasteiger partial charge in [-0.05, 0) is 41.9 Å². The number of hydrogen-bond acceptors (Lipinski definition) is 2. The van der Waals surface area contributed by atoms with Crippen LogP contribution in [-0.2, 0) is 11.3 Å². The second kappa shape index (κ2) is 6.50. The highest BCUT2D eigenvalue weighted by Crippen LogP contribution is 2.43. The van der Waals surface area contributed by atoms with Gasteiger partial charge < -0.3 is 10.1 Å². The summed E-state index contributed by atoms with van der Waals surface area (Å²) in [4.78, 5) is 12.6. The van der Waals surface area contributed by atoms with Gasteiger partial charge in [-0.3, -0.25) is 4.79 Å².